The van der Waals surface area contributed by atoms with Gasteiger partial charge in [-0.2, -0.15) is 9.40 Å². The molecule has 1 N–H and O–H groups in total. The fourth-order valence-corrected chi connectivity index (χ4v) is 5.08. The summed E-state index contributed by atoms with van der Waals surface area (Å²) >= 11 is 0. The van der Waals surface area contributed by atoms with Crippen molar-refractivity contribution >= 4 is 15.9 Å². The number of hydrogen-bond donors (Lipinski definition) is 1. The van der Waals surface area contributed by atoms with Gasteiger partial charge in [0.1, 0.15) is 12.7 Å². The summed E-state index contributed by atoms with van der Waals surface area (Å²) in [6.45, 7) is 3.50. The molecule has 0 bridgehead atoms. The van der Waals surface area contributed by atoms with E-state index in [9.17, 15) is 13.2 Å². The Hall–Kier alpha value is -3.08. The van der Waals surface area contributed by atoms with E-state index in [0.717, 1.165) is 16.8 Å². The number of carbonyl (C=O) groups excluding carboxylic acids is 1. The Kier molecular flexibility index (Phi) is 7.17. The standard InChI is InChI=1S/C23H27N5O4S/c1-18(20-5-7-21(8-6-20)28-17-24-16-25-28)26-23(29)11-4-19-2-9-22(10-3-19)33(30,31)27-12-14-32-15-13-27/h2-3,5-10,16-18H,4,11-15H2,1H3,(H,26,29). The number of sulfonamides is 1. The van der Waals surface area contributed by atoms with Gasteiger partial charge in [-0.05, 0) is 48.7 Å². The molecule has 0 spiro atoms. The predicted octanol–water partition coefficient (Wildman–Crippen LogP) is 2.10. The quantitative estimate of drug-likeness (QED) is 0.542. The Labute approximate surface area is 193 Å². The lowest BCUT2D eigenvalue weighted by Crippen LogP contribution is -2.40. The highest BCUT2D eigenvalue weighted by Crippen LogP contribution is 2.19. The van der Waals surface area contributed by atoms with Crippen LogP contribution >= 0.6 is 0 Å². The molecule has 1 unspecified atom stereocenters. The molecule has 4 rings (SSSR count). The van der Waals surface area contributed by atoms with Crippen molar-refractivity contribution in [1.29, 1.82) is 0 Å². The highest BCUT2D eigenvalue weighted by atomic mass is 32.2. The number of aromatic nitrogens is 3. The number of ether oxygens (including phenoxy) is 1. The van der Waals surface area contributed by atoms with Crippen molar-refractivity contribution < 1.29 is 17.9 Å². The maximum absolute atomic E-state index is 12.7. The van der Waals surface area contributed by atoms with Gasteiger partial charge in [-0.3, -0.25) is 4.79 Å². The van der Waals surface area contributed by atoms with Crippen LogP contribution in [0.1, 0.15) is 30.5 Å². The van der Waals surface area contributed by atoms with E-state index in [-0.39, 0.29) is 16.8 Å². The van der Waals surface area contributed by atoms with E-state index in [1.807, 2.05) is 31.2 Å². The average molecular weight is 470 g/mol. The SMILES string of the molecule is CC(NC(=O)CCc1ccc(S(=O)(=O)N2CCOCC2)cc1)c1ccc(-n2cncn2)cc1. The first kappa shape index (κ1) is 23.1. The number of carbonyl (C=O) groups is 1. The lowest BCUT2D eigenvalue weighted by molar-refractivity contribution is -0.121. The first-order valence-electron chi connectivity index (χ1n) is 10.8. The fourth-order valence-electron chi connectivity index (χ4n) is 3.68. The fraction of sp³-hybridized carbons (Fsp3) is 0.348. The molecule has 9 nitrogen and oxygen atoms in total. The minimum absolute atomic E-state index is 0.0622. The van der Waals surface area contributed by atoms with E-state index in [1.54, 1.807) is 35.3 Å². The highest BCUT2D eigenvalue weighted by molar-refractivity contribution is 7.89. The van der Waals surface area contributed by atoms with Gasteiger partial charge in [0.05, 0.1) is 29.8 Å². The van der Waals surface area contributed by atoms with Crippen LogP contribution in [0.25, 0.3) is 5.69 Å². The molecule has 2 heterocycles. The first-order valence-corrected chi connectivity index (χ1v) is 12.3. The molecule has 0 aliphatic carbocycles. The maximum atomic E-state index is 12.7. The Morgan fingerprint density at radius 2 is 1.79 bits per heavy atom. The molecule has 0 radical (unpaired) electrons. The number of rotatable bonds is 8. The first-order chi connectivity index (χ1) is 15.9. The number of nitrogens with zero attached hydrogens (tertiary/aromatic N) is 4. The molecule has 33 heavy (non-hydrogen) atoms. The molecule has 1 amide bonds. The third kappa shape index (κ3) is 5.65. The lowest BCUT2D eigenvalue weighted by atomic mass is 10.1. The summed E-state index contributed by atoms with van der Waals surface area (Å²) in [5.74, 6) is -0.0622. The molecule has 1 aliphatic rings. The molecule has 1 fully saturated rings. The van der Waals surface area contributed by atoms with Crippen LogP contribution in [0.3, 0.4) is 0 Å². The summed E-state index contributed by atoms with van der Waals surface area (Å²) in [6, 6.07) is 14.4. The molecular weight excluding hydrogens is 442 g/mol. The van der Waals surface area contributed by atoms with Gasteiger partial charge in [0.2, 0.25) is 15.9 Å². The number of hydrogen-bond acceptors (Lipinski definition) is 6. The monoisotopic (exact) mass is 469 g/mol. The van der Waals surface area contributed by atoms with Crippen LogP contribution < -0.4 is 5.32 Å². The largest absolute Gasteiger partial charge is 0.379 e. The lowest BCUT2D eigenvalue weighted by Gasteiger charge is -2.26. The molecule has 1 aromatic heterocycles. The van der Waals surface area contributed by atoms with Gasteiger partial charge < -0.3 is 10.1 Å². The van der Waals surface area contributed by atoms with Gasteiger partial charge in [-0.1, -0.05) is 24.3 Å². The normalized spacial score (nSPS) is 15.8. The van der Waals surface area contributed by atoms with Crippen molar-refractivity contribution in [3.05, 3.63) is 72.3 Å². The number of morpholine rings is 1. The second kappa shape index (κ2) is 10.2. The maximum Gasteiger partial charge on any atom is 0.243 e. The zero-order chi connectivity index (χ0) is 23.3. The third-order valence-electron chi connectivity index (χ3n) is 5.63. The highest BCUT2D eigenvalue weighted by Gasteiger charge is 2.26. The van der Waals surface area contributed by atoms with Crippen LogP contribution in [0, 0.1) is 0 Å². The second-order valence-electron chi connectivity index (χ2n) is 7.88. The van der Waals surface area contributed by atoms with Gasteiger partial charge in [-0.15, -0.1) is 0 Å². The molecule has 1 saturated heterocycles. The second-order valence-corrected chi connectivity index (χ2v) is 9.82. The summed E-state index contributed by atoms with van der Waals surface area (Å²) in [7, 11) is -3.51. The Bertz CT molecular complexity index is 1160. The summed E-state index contributed by atoms with van der Waals surface area (Å²) in [5.41, 5.74) is 2.80. The van der Waals surface area contributed by atoms with Crippen LogP contribution in [0.4, 0.5) is 0 Å². The van der Waals surface area contributed by atoms with E-state index in [2.05, 4.69) is 15.4 Å². The smallest absolute Gasteiger partial charge is 0.243 e. The number of aryl methyl sites for hydroxylation is 1. The molecule has 2 aromatic carbocycles. The van der Waals surface area contributed by atoms with E-state index in [4.69, 9.17) is 4.74 Å². The van der Waals surface area contributed by atoms with Gasteiger partial charge in [0.25, 0.3) is 0 Å². The predicted molar refractivity (Wildman–Crippen MR) is 122 cm³/mol. The van der Waals surface area contributed by atoms with Crippen LogP contribution in [-0.4, -0.2) is 59.7 Å². The van der Waals surface area contributed by atoms with Crippen molar-refractivity contribution in [2.24, 2.45) is 0 Å². The van der Waals surface area contributed by atoms with Crippen molar-refractivity contribution in [3.63, 3.8) is 0 Å². The molecular formula is C23H27N5O4S. The molecule has 10 heteroatoms. The van der Waals surface area contributed by atoms with Gasteiger partial charge >= 0.3 is 0 Å². The van der Waals surface area contributed by atoms with Crippen LogP contribution in [0.15, 0.2) is 66.1 Å². The minimum Gasteiger partial charge on any atom is -0.379 e. The van der Waals surface area contributed by atoms with Crippen LogP contribution in [0.2, 0.25) is 0 Å². The Morgan fingerprint density at radius 3 is 2.42 bits per heavy atom. The Morgan fingerprint density at radius 1 is 1.09 bits per heavy atom. The average Bonchev–Trinajstić information content (AvgIpc) is 3.39. The van der Waals surface area contributed by atoms with E-state index in [0.29, 0.717) is 39.1 Å². The Balaban J connectivity index is 1.28. The number of benzene rings is 2. The summed E-state index contributed by atoms with van der Waals surface area (Å²) in [6.07, 6.45) is 3.96. The van der Waals surface area contributed by atoms with Crippen molar-refractivity contribution in [3.8, 4) is 5.69 Å². The van der Waals surface area contributed by atoms with Crippen LogP contribution in [-0.2, 0) is 26.0 Å². The van der Waals surface area contributed by atoms with Crippen LogP contribution in [0.5, 0.6) is 0 Å². The zero-order valence-corrected chi connectivity index (χ0v) is 19.2. The summed E-state index contributed by atoms with van der Waals surface area (Å²) in [4.78, 5) is 16.6. The zero-order valence-electron chi connectivity index (χ0n) is 18.4. The van der Waals surface area contributed by atoms with Crippen molar-refractivity contribution in [2.45, 2.75) is 30.7 Å². The van der Waals surface area contributed by atoms with E-state index in [1.165, 1.54) is 10.6 Å². The molecule has 1 atom stereocenters. The summed E-state index contributed by atoms with van der Waals surface area (Å²) < 4.78 is 33.8. The minimum atomic E-state index is -3.51. The number of amides is 1. The van der Waals surface area contributed by atoms with Crippen molar-refractivity contribution in [1.82, 2.24) is 24.4 Å². The van der Waals surface area contributed by atoms with E-state index < -0.39 is 10.0 Å². The van der Waals surface area contributed by atoms with Crippen molar-refractivity contribution in [2.75, 3.05) is 26.3 Å². The number of nitrogens with one attached hydrogen (secondary N) is 1. The van der Waals surface area contributed by atoms with Gasteiger partial charge in [0, 0.05) is 19.5 Å². The third-order valence-corrected chi connectivity index (χ3v) is 7.54. The molecule has 3 aromatic rings. The topological polar surface area (TPSA) is 106 Å². The summed E-state index contributed by atoms with van der Waals surface area (Å²) in [5, 5.41) is 7.11. The molecule has 1 aliphatic heterocycles. The van der Waals surface area contributed by atoms with Gasteiger partial charge in [-0.25, -0.2) is 18.1 Å². The van der Waals surface area contributed by atoms with Gasteiger partial charge in [0.15, 0.2) is 0 Å². The molecule has 174 valence electrons. The van der Waals surface area contributed by atoms with E-state index >= 15 is 0 Å². The molecule has 0 saturated carbocycles.